The number of nitrogens with zero attached hydrogens (tertiary/aromatic N) is 2. The predicted octanol–water partition coefficient (Wildman–Crippen LogP) is 3.26. The molecule has 2 heterocycles. The predicted molar refractivity (Wildman–Crippen MR) is 135 cm³/mol. The van der Waals surface area contributed by atoms with E-state index in [0.29, 0.717) is 43.4 Å². The Labute approximate surface area is 207 Å². The van der Waals surface area contributed by atoms with E-state index in [1.165, 1.54) is 19.2 Å². The van der Waals surface area contributed by atoms with Gasteiger partial charge in [0, 0.05) is 43.3 Å². The Morgan fingerprint density at radius 1 is 1.06 bits per heavy atom. The third kappa shape index (κ3) is 5.94. The minimum absolute atomic E-state index is 0.0776. The highest BCUT2D eigenvalue weighted by Crippen LogP contribution is 2.17. The Bertz CT molecular complexity index is 1270. The molecule has 1 saturated heterocycles. The second-order valence-corrected chi connectivity index (χ2v) is 7.90. The van der Waals surface area contributed by atoms with Crippen molar-refractivity contribution >= 4 is 35.0 Å². The maximum atomic E-state index is 14.1. The van der Waals surface area contributed by atoms with Gasteiger partial charge in [-0.25, -0.2) is 14.2 Å². The fourth-order valence-electron chi connectivity index (χ4n) is 3.63. The van der Waals surface area contributed by atoms with Crippen LogP contribution in [0.15, 0.2) is 65.8 Å². The lowest BCUT2D eigenvalue weighted by Crippen LogP contribution is -2.41. The number of halogens is 1. The molecule has 1 aromatic heterocycles. The summed E-state index contributed by atoms with van der Waals surface area (Å²) in [4.78, 5) is 33.7. The SMILES string of the molecule is CNC(=O)c1ccc(NC(=O)Nc2ccc(C(=N)N=C(c3ccc[nH]3)N3CCOCC3)cc2)cc1F. The van der Waals surface area contributed by atoms with Crippen molar-refractivity contribution in [3.8, 4) is 0 Å². The number of nitrogens with one attached hydrogen (secondary N) is 5. The van der Waals surface area contributed by atoms with Crippen LogP contribution in [-0.4, -0.2) is 66.8 Å². The molecule has 3 amide bonds. The molecule has 1 aliphatic rings. The first-order valence-corrected chi connectivity index (χ1v) is 11.3. The van der Waals surface area contributed by atoms with Crippen LogP contribution in [0.4, 0.5) is 20.6 Å². The summed E-state index contributed by atoms with van der Waals surface area (Å²) < 4.78 is 19.5. The number of carbonyl (C=O) groups excluding carboxylic acids is 2. The van der Waals surface area contributed by atoms with E-state index in [-0.39, 0.29) is 17.1 Å². The Morgan fingerprint density at radius 2 is 1.75 bits per heavy atom. The van der Waals surface area contributed by atoms with Crippen LogP contribution in [0.1, 0.15) is 21.6 Å². The number of carbonyl (C=O) groups is 2. The van der Waals surface area contributed by atoms with E-state index in [0.717, 1.165) is 11.8 Å². The lowest BCUT2D eigenvalue weighted by atomic mass is 10.2. The minimum Gasteiger partial charge on any atom is -0.378 e. The third-order valence-electron chi connectivity index (χ3n) is 5.48. The van der Waals surface area contributed by atoms with Gasteiger partial charge in [-0.05, 0) is 54.6 Å². The van der Waals surface area contributed by atoms with E-state index in [1.54, 1.807) is 24.3 Å². The lowest BCUT2D eigenvalue weighted by molar-refractivity contribution is 0.0682. The molecule has 5 N–H and O–H groups in total. The molecule has 2 aromatic carbocycles. The molecule has 3 aromatic rings. The van der Waals surface area contributed by atoms with E-state index in [1.807, 2.05) is 18.3 Å². The van der Waals surface area contributed by atoms with Gasteiger partial charge in [0.15, 0.2) is 11.7 Å². The smallest absolute Gasteiger partial charge is 0.323 e. The van der Waals surface area contributed by atoms with E-state index in [2.05, 4.69) is 30.8 Å². The van der Waals surface area contributed by atoms with Gasteiger partial charge in [-0.3, -0.25) is 10.2 Å². The van der Waals surface area contributed by atoms with Crippen molar-refractivity contribution in [2.24, 2.45) is 4.99 Å². The molecule has 1 fully saturated rings. The van der Waals surface area contributed by atoms with E-state index in [9.17, 15) is 14.0 Å². The monoisotopic (exact) mass is 491 g/mol. The Morgan fingerprint density at radius 3 is 2.39 bits per heavy atom. The van der Waals surface area contributed by atoms with Crippen molar-refractivity contribution in [2.45, 2.75) is 0 Å². The molecule has 11 heteroatoms. The van der Waals surface area contributed by atoms with Crippen LogP contribution in [0.2, 0.25) is 0 Å². The number of ether oxygens (including phenoxy) is 1. The summed E-state index contributed by atoms with van der Waals surface area (Å²) >= 11 is 0. The zero-order valence-electron chi connectivity index (χ0n) is 19.6. The van der Waals surface area contributed by atoms with Crippen molar-refractivity contribution < 1.29 is 18.7 Å². The minimum atomic E-state index is -0.744. The standard InChI is InChI=1S/C25H26FN7O3/c1-28-24(34)19-9-8-18(15-20(19)26)31-25(35)30-17-6-4-16(5-7-17)22(27)32-23(21-3-2-10-29-21)33-11-13-36-14-12-33/h2-10,15,27,29H,11-14H2,1H3,(H,28,34)(H2,30,31,35). The quantitative estimate of drug-likeness (QED) is 0.277. The molecule has 0 atom stereocenters. The summed E-state index contributed by atoms with van der Waals surface area (Å²) in [6.07, 6.45) is 1.81. The molecule has 186 valence electrons. The summed E-state index contributed by atoms with van der Waals surface area (Å²) in [6, 6.07) is 13.7. The molecule has 1 aliphatic heterocycles. The second-order valence-electron chi connectivity index (χ2n) is 7.90. The van der Waals surface area contributed by atoms with Gasteiger partial charge in [0.2, 0.25) is 0 Å². The molecular weight excluding hydrogens is 465 g/mol. The van der Waals surface area contributed by atoms with Crippen molar-refractivity contribution in [3.63, 3.8) is 0 Å². The number of aromatic amines is 1. The van der Waals surface area contributed by atoms with Crippen LogP contribution in [0, 0.1) is 11.2 Å². The summed E-state index contributed by atoms with van der Waals surface area (Å²) in [7, 11) is 1.41. The third-order valence-corrected chi connectivity index (χ3v) is 5.48. The van der Waals surface area contributed by atoms with Gasteiger partial charge in [-0.2, -0.15) is 0 Å². The molecule has 0 bridgehead atoms. The van der Waals surface area contributed by atoms with E-state index < -0.39 is 17.8 Å². The summed E-state index contributed by atoms with van der Waals surface area (Å²) in [6.45, 7) is 2.56. The number of aliphatic imine (C=N–C) groups is 1. The number of hydrogen-bond acceptors (Lipinski definition) is 4. The highest BCUT2D eigenvalue weighted by atomic mass is 19.1. The van der Waals surface area contributed by atoms with Crippen LogP contribution < -0.4 is 16.0 Å². The number of morpholine rings is 1. The highest BCUT2D eigenvalue weighted by Gasteiger charge is 2.19. The van der Waals surface area contributed by atoms with Gasteiger partial charge in [-0.15, -0.1) is 0 Å². The topological polar surface area (TPSA) is 135 Å². The lowest BCUT2D eigenvalue weighted by Gasteiger charge is -2.29. The number of benzene rings is 2. The first-order chi connectivity index (χ1) is 17.4. The molecule has 0 radical (unpaired) electrons. The molecule has 10 nitrogen and oxygen atoms in total. The average Bonchev–Trinajstić information content (AvgIpc) is 3.42. The molecule has 36 heavy (non-hydrogen) atoms. The molecule has 0 spiro atoms. The summed E-state index contributed by atoms with van der Waals surface area (Å²) in [5.41, 5.74) is 1.96. The van der Waals surface area contributed by atoms with Crippen molar-refractivity contribution in [1.29, 1.82) is 5.41 Å². The van der Waals surface area contributed by atoms with Gasteiger partial charge in [0.1, 0.15) is 5.82 Å². The number of H-pyrrole nitrogens is 1. The molecule has 4 rings (SSSR count). The zero-order chi connectivity index (χ0) is 25.5. The number of urea groups is 1. The fourth-order valence-corrected chi connectivity index (χ4v) is 3.63. The Kier molecular flexibility index (Phi) is 7.71. The van der Waals surface area contributed by atoms with Crippen LogP contribution in [0.25, 0.3) is 0 Å². The van der Waals surface area contributed by atoms with Crippen molar-refractivity contribution in [1.82, 2.24) is 15.2 Å². The van der Waals surface area contributed by atoms with Gasteiger partial charge in [-0.1, -0.05) is 0 Å². The summed E-state index contributed by atoms with van der Waals surface area (Å²) in [5.74, 6) is -0.548. The highest BCUT2D eigenvalue weighted by molar-refractivity contribution is 6.10. The van der Waals surface area contributed by atoms with Gasteiger partial charge < -0.3 is 30.6 Å². The first kappa shape index (κ1) is 24.6. The number of anilines is 2. The number of amidine groups is 2. The van der Waals surface area contributed by atoms with Crippen LogP contribution >= 0.6 is 0 Å². The number of hydrogen-bond donors (Lipinski definition) is 5. The average molecular weight is 492 g/mol. The molecule has 0 saturated carbocycles. The Balaban J connectivity index is 1.41. The van der Waals surface area contributed by atoms with Crippen molar-refractivity contribution in [2.75, 3.05) is 44.0 Å². The van der Waals surface area contributed by atoms with Crippen molar-refractivity contribution in [3.05, 3.63) is 83.4 Å². The normalized spacial score (nSPS) is 13.7. The number of amides is 3. The van der Waals surface area contributed by atoms with Gasteiger partial charge in [0.25, 0.3) is 5.91 Å². The number of rotatable bonds is 5. The van der Waals surface area contributed by atoms with Gasteiger partial charge in [0.05, 0.1) is 24.5 Å². The fraction of sp³-hybridized carbons (Fsp3) is 0.200. The largest absolute Gasteiger partial charge is 0.378 e. The molecular formula is C25H26FN7O3. The van der Waals surface area contributed by atoms with E-state index in [4.69, 9.17) is 10.1 Å². The van der Waals surface area contributed by atoms with E-state index >= 15 is 0 Å². The first-order valence-electron chi connectivity index (χ1n) is 11.3. The maximum Gasteiger partial charge on any atom is 0.323 e. The molecule has 0 aliphatic carbocycles. The summed E-state index contributed by atoms with van der Waals surface area (Å²) in [5, 5.41) is 16.0. The van der Waals surface area contributed by atoms with Crippen LogP contribution in [0.3, 0.4) is 0 Å². The van der Waals surface area contributed by atoms with Crippen LogP contribution in [-0.2, 0) is 4.74 Å². The zero-order valence-corrected chi connectivity index (χ0v) is 19.6. The van der Waals surface area contributed by atoms with Crippen LogP contribution in [0.5, 0.6) is 0 Å². The maximum absolute atomic E-state index is 14.1. The number of aromatic nitrogens is 1. The second kappa shape index (κ2) is 11.3. The van der Waals surface area contributed by atoms with Gasteiger partial charge >= 0.3 is 6.03 Å². The Hall–Kier alpha value is -4.51. The molecule has 0 unspecified atom stereocenters.